The molecule has 9 rings (SSSR count). The van der Waals surface area contributed by atoms with Crippen molar-refractivity contribution in [3.05, 3.63) is 267 Å². The molecule has 3 atom stereocenters. The first kappa shape index (κ1) is 65.5. The number of thioether (sulfide) groups is 1. The predicted octanol–water partition coefficient (Wildman–Crippen LogP) is 26.3. The summed E-state index contributed by atoms with van der Waals surface area (Å²) in [5.74, 6) is 1.28. The molecule has 0 saturated carbocycles. The lowest BCUT2D eigenvalue weighted by Crippen LogP contribution is -2.22. The van der Waals surface area contributed by atoms with Crippen LogP contribution in [0.4, 0.5) is 0 Å². The first-order valence-electron chi connectivity index (χ1n) is 31.7. The number of hydrogen-bond acceptors (Lipinski definition) is 4. The van der Waals surface area contributed by atoms with Crippen LogP contribution in [0.15, 0.2) is 241 Å². The van der Waals surface area contributed by atoms with Gasteiger partial charge in [0.25, 0.3) is 0 Å². The highest BCUT2D eigenvalue weighted by Gasteiger charge is 2.32. The molecule has 3 aromatic heterocycles. The van der Waals surface area contributed by atoms with Crippen molar-refractivity contribution in [2.75, 3.05) is 6.26 Å². The van der Waals surface area contributed by atoms with E-state index in [0.29, 0.717) is 17.8 Å². The molecule has 3 aromatic carbocycles. The Hall–Kier alpha value is -6.01. The van der Waals surface area contributed by atoms with Crippen LogP contribution < -0.4 is 0 Å². The lowest BCUT2D eigenvalue weighted by atomic mass is 9.70. The van der Waals surface area contributed by atoms with E-state index in [1.54, 1.807) is 16.7 Å². The van der Waals surface area contributed by atoms with Crippen LogP contribution in [0.3, 0.4) is 0 Å². The minimum atomic E-state index is 0.396. The van der Waals surface area contributed by atoms with Crippen molar-refractivity contribution in [1.82, 2.24) is 0 Å². The fraction of sp³-hybridized carbons (Fsp3) is 0.325. The molecule has 6 aromatic rings. The van der Waals surface area contributed by atoms with Crippen LogP contribution in [-0.2, 0) is 6.42 Å². The number of benzene rings is 3. The van der Waals surface area contributed by atoms with E-state index in [0.717, 1.165) is 19.3 Å². The highest BCUT2D eigenvalue weighted by atomic mass is 32.2. The Balaban J connectivity index is 0.00000248. The summed E-state index contributed by atoms with van der Waals surface area (Å²) >= 11 is 7.69. The predicted molar refractivity (Wildman–Crippen MR) is 384 cm³/mol. The van der Waals surface area contributed by atoms with Gasteiger partial charge in [0.1, 0.15) is 0 Å². The quantitative estimate of drug-likeness (QED) is 0.0366. The van der Waals surface area contributed by atoms with Gasteiger partial charge in [-0.1, -0.05) is 268 Å². The maximum absolute atomic E-state index is 2.49. The topological polar surface area (TPSA) is 0 Å². The second-order valence-electron chi connectivity index (χ2n) is 21.5. The largest absolute Gasteiger partial charge is 0.135 e. The van der Waals surface area contributed by atoms with Crippen molar-refractivity contribution in [2.45, 2.75) is 151 Å². The molecule has 0 N–H and O–H groups in total. The van der Waals surface area contributed by atoms with Crippen molar-refractivity contribution in [3.63, 3.8) is 0 Å². The molecular formula is C80H94S4. The summed E-state index contributed by atoms with van der Waals surface area (Å²) in [6, 6.07) is 43.6. The number of rotatable bonds is 27. The van der Waals surface area contributed by atoms with E-state index in [1.807, 2.05) is 73.5 Å². The average molecular weight is 1180 g/mol. The molecule has 4 heteroatoms. The molecule has 0 fully saturated rings. The molecule has 3 aliphatic rings. The van der Waals surface area contributed by atoms with Gasteiger partial charge >= 0.3 is 0 Å². The van der Waals surface area contributed by atoms with Crippen LogP contribution in [-0.4, -0.2) is 6.26 Å². The van der Waals surface area contributed by atoms with Gasteiger partial charge in [0.2, 0.25) is 0 Å². The van der Waals surface area contributed by atoms with Crippen LogP contribution in [0.1, 0.15) is 171 Å². The molecule has 0 spiro atoms. The number of allylic oxidation sites excluding steroid dienone is 23. The first-order valence-corrected chi connectivity index (χ1v) is 35.4. The van der Waals surface area contributed by atoms with Gasteiger partial charge in [0.05, 0.1) is 0 Å². The van der Waals surface area contributed by atoms with Crippen molar-refractivity contribution < 1.29 is 0 Å². The monoisotopic (exact) mass is 1180 g/mol. The number of thiophene rings is 3. The van der Waals surface area contributed by atoms with Gasteiger partial charge in [0, 0.05) is 46.0 Å². The maximum atomic E-state index is 2.49. The van der Waals surface area contributed by atoms with Crippen LogP contribution >= 0.6 is 45.8 Å². The van der Waals surface area contributed by atoms with Gasteiger partial charge in [-0.15, -0.1) is 45.8 Å². The fourth-order valence-corrected chi connectivity index (χ4v) is 15.6. The van der Waals surface area contributed by atoms with Gasteiger partial charge in [0.15, 0.2) is 0 Å². The summed E-state index contributed by atoms with van der Waals surface area (Å²) in [4.78, 5) is 9.47. The van der Waals surface area contributed by atoms with Crippen LogP contribution in [0.5, 0.6) is 0 Å². The van der Waals surface area contributed by atoms with E-state index in [9.17, 15) is 0 Å². The van der Waals surface area contributed by atoms with E-state index in [4.69, 9.17) is 0 Å². The third-order valence-corrected chi connectivity index (χ3v) is 20.5. The fourth-order valence-electron chi connectivity index (χ4n) is 11.6. The number of hydrogen-bond donors (Lipinski definition) is 0. The maximum Gasteiger partial charge on any atom is 0.0449 e. The molecular weight excluding hydrogens is 1090 g/mol. The van der Waals surface area contributed by atoms with E-state index in [1.165, 1.54) is 149 Å². The molecule has 0 saturated heterocycles. The summed E-state index contributed by atoms with van der Waals surface area (Å²) in [6.45, 7) is 16.8. The molecule has 3 unspecified atom stereocenters. The van der Waals surface area contributed by atoms with Crippen LogP contribution in [0.25, 0.3) is 46.7 Å². The van der Waals surface area contributed by atoms with Crippen LogP contribution in [0, 0.1) is 11.8 Å². The molecule has 0 radical (unpaired) electrons. The zero-order chi connectivity index (χ0) is 59.3. The van der Waals surface area contributed by atoms with Gasteiger partial charge in [-0.2, -0.15) is 0 Å². The van der Waals surface area contributed by atoms with E-state index in [-0.39, 0.29) is 0 Å². The van der Waals surface area contributed by atoms with Gasteiger partial charge in [-0.05, 0) is 169 Å². The Morgan fingerprint density at radius 2 is 1.21 bits per heavy atom. The Bertz CT molecular complexity index is 3330. The first-order chi connectivity index (χ1) is 41.5. The smallest absolute Gasteiger partial charge is 0.0449 e. The third kappa shape index (κ3) is 18.5. The molecule has 2 bridgehead atoms. The van der Waals surface area contributed by atoms with E-state index < -0.39 is 0 Å². The SMILES string of the molecule is CC.CC.C\C=C/C=C\C(=C\Cc1ccc(-c2ccc(-c3ccc(C4=C(CCCCCCC)C(CCCCCC)=C(/C=C/C=C(\SC)c5ccc(-c6ccc(C7C8C=CC=CC(=C8)CC7/C=C\C=C/C)cc6)s5)C4)s3)s2)cc1)c1ccccc1. The Labute approximate surface area is 525 Å². The van der Waals surface area contributed by atoms with Gasteiger partial charge < -0.3 is 0 Å². The van der Waals surface area contributed by atoms with Crippen molar-refractivity contribution in [1.29, 1.82) is 0 Å². The molecule has 84 heavy (non-hydrogen) atoms. The van der Waals surface area contributed by atoms with Crippen molar-refractivity contribution in [2.24, 2.45) is 11.8 Å². The molecule has 0 aliphatic heterocycles. The Kier molecular flexibility index (Phi) is 28.2. The molecule has 3 heterocycles. The summed E-state index contributed by atoms with van der Waals surface area (Å²) in [6.07, 6.45) is 57.9. The summed E-state index contributed by atoms with van der Waals surface area (Å²) in [5, 5.41) is 0. The highest BCUT2D eigenvalue weighted by molar-refractivity contribution is 8.07. The minimum Gasteiger partial charge on any atom is -0.135 e. The normalized spacial score (nSPS) is 17.3. The van der Waals surface area contributed by atoms with Crippen molar-refractivity contribution >= 4 is 61.8 Å². The third-order valence-electron chi connectivity index (χ3n) is 15.9. The highest BCUT2D eigenvalue weighted by Crippen LogP contribution is 2.49. The average Bonchev–Trinajstić information content (AvgIpc) is 4.52. The molecule has 438 valence electrons. The molecule has 3 aliphatic carbocycles. The minimum absolute atomic E-state index is 0.396. The zero-order valence-corrected chi connectivity index (χ0v) is 55.3. The molecule has 0 nitrogen and oxygen atoms in total. The second-order valence-corrected chi connectivity index (χ2v) is 25.6. The number of unbranched alkanes of at least 4 members (excludes halogenated alkanes) is 7. The lowest BCUT2D eigenvalue weighted by molar-refractivity contribution is 0.427. The summed E-state index contributed by atoms with van der Waals surface area (Å²) in [5.41, 5.74) is 15.6. The lowest BCUT2D eigenvalue weighted by Gasteiger charge is -2.34. The number of fused-ring (bicyclic) bond motifs is 1. The van der Waals surface area contributed by atoms with E-state index >= 15 is 0 Å². The standard InChI is InChI=1S/C76H82S4.2C2H6/c1-6-10-14-16-23-35-67-66(34-22-15-11-7-2)63(33-26-36-72(77-5)73-50-47-70(78-73)61-43-45-62(46-44-61)76-64(31-19-13-9-4)53-57-27-24-25-32-65(76)54-57)55-68(67)71-49-52-75(80-71)74-51-48-69(79-74)60-41-38-56(39-42-60)37-40-59(28-18-12-8-3)58-29-20-17-21-30-58;2*1-2/h8-9,12-13,17-21,24-33,36,38-52,54,64-65,76H,6-7,10-11,14-16,22-23,34-35,37,53,55H2,1-5H3;2*1-2H3/b12-8-,13-9-,28-18-,31-19-,33-26+,59-40-,72-36-;;. The van der Waals surface area contributed by atoms with Gasteiger partial charge in [-0.25, -0.2) is 0 Å². The van der Waals surface area contributed by atoms with Gasteiger partial charge in [-0.3, -0.25) is 0 Å². The zero-order valence-electron chi connectivity index (χ0n) is 52.0. The molecule has 0 amide bonds. The summed E-state index contributed by atoms with van der Waals surface area (Å²) in [7, 11) is 0. The summed E-state index contributed by atoms with van der Waals surface area (Å²) < 4.78 is 0. The second kappa shape index (κ2) is 36.1. The Morgan fingerprint density at radius 3 is 1.92 bits per heavy atom. The Morgan fingerprint density at radius 1 is 0.595 bits per heavy atom. The van der Waals surface area contributed by atoms with Crippen LogP contribution in [0.2, 0.25) is 0 Å². The van der Waals surface area contributed by atoms with Crippen molar-refractivity contribution in [3.8, 4) is 30.6 Å². The van der Waals surface area contributed by atoms with E-state index in [2.05, 4.69) is 253 Å².